The molecule has 5 nitrogen and oxygen atoms in total. The standard InChI is InChI=1S/C20H28N2O3/c1-20(2,25)17-9-6-11-22(17)19(24)16-13-18(23)21(14-16)12-10-15-7-4-3-5-8-15/h3-5,7-8,16-17,25H,6,9-14H2,1-2H3. The van der Waals surface area contributed by atoms with Crippen LogP contribution in [0.5, 0.6) is 0 Å². The van der Waals surface area contributed by atoms with E-state index in [1.807, 2.05) is 23.1 Å². The van der Waals surface area contributed by atoms with Crippen LogP contribution in [-0.2, 0) is 16.0 Å². The number of rotatable bonds is 5. The Balaban J connectivity index is 1.59. The molecule has 2 aliphatic rings. The Hall–Kier alpha value is -1.88. The van der Waals surface area contributed by atoms with Gasteiger partial charge in [0.05, 0.1) is 17.6 Å². The van der Waals surface area contributed by atoms with E-state index in [2.05, 4.69) is 12.1 Å². The molecule has 1 aromatic carbocycles. The number of hydrogen-bond acceptors (Lipinski definition) is 3. The van der Waals surface area contributed by atoms with Crippen molar-refractivity contribution in [2.75, 3.05) is 19.6 Å². The lowest BCUT2D eigenvalue weighted by atomic mass is 9.95. The van der Waals surface area contributed by atoms with Gasteiger partial charge < -0.3 is 14.9 Å². The molecule has 2 unspecified atom stereocenters. The van der Waals surface area contributed by atoms with Crippen LogP contribution in [0.1, 0.15) is 38.7 Å². The first kappa shape index (κ1) is 17.9. The minimum Gasteiger partial charge on any atom is -0.388 e. The fourth-order valence-electron chi connectivity index (χ4n) is 4.06. The zero-order chi connectivity index (χ0) is 18.0. The number of likely N-dealkylation sites (tertiary alicyclic amines) is 2. The van der Waals surface area contributed by atoms with Gasteiger partial charge in [-0.2, -0.15) is 0 Å². The van der Waals surface area contributed by atoms with Crippen molar-refractivity contribution in [3.8, 4) is 0 Å². The molecule has 2 aliphatic heterocycles. The predicted molar refractivity (Wildman–Crippen MR) is 95.9 cm³/mol. The average Bonchev–Trinajstić information content (AvgIpc) is 3.20. The number of benzene rings is 1. The predicted octanol–water partition coefficient (Wildman–Crippen LogP) is 1.84. The second-order valence-electron chi connectivity index (χ2n) is 7.82. The van der Waals surface area contributed by atoms with Gasteiger partial charge in [-0.1, -0.05) is 30.3 Å². The van der Waals surface area contributed by atoms with Gasteiger partial charge in [-0.25, -0.2) is 0 Å². The van der Waals surface area contributed by atoms with Gasteiger partial charge >= 0.3 is 0 Å². The molecule has 1 aromatic rings. The summed E-state index contributed by atoms with van der Waals surface area (Å²) in [4.78, 5) is 28.8. The van der Waals surface area contributed by atoms with Crippen molar-refractivity contribution < 1.29 is 14.7 Å². The van der Waals surface area contributed by atoms with E-state index in [1.54, 1.807) is 18.7 Å². The van der Waals surface area contributed by atoms with Crippen molar-refractivity contribution in [3.63, 3.8) is 0 Å². The lowest BCUT2D eigenvalue weighted by Crippen LogP contribution is -2.50. The van der Waals surface area contributed by atoms with Gasteiger partial charge in [0.1, 0.15) is 0 Å². The number of carbonyl (C=O) groups excluding carboxylic acids is 2. The number of carbonyl (C=O) groups is 2. The topological polar surface area (TPSA) is 60.9 Å². The molecule has 25 heavy (non-hydrogen) atoms. The van der Waals surface area contributed by atoms with Crippen LogP contribution in [0.3, 0.4) is 0 Å². The normalized spacial score (nSPS) is 24.2. The van der Waals surface area contributed by atoms with E-state index >= 15 is 0 Å². The van der Waals surface area contributed by atoms with Gasteiger partial charge in [-0.05, 0) is 38.7 Å². The smallest absolute Gasteiger partial charge is 0.228 e. The average molecular weight is 344 g/mol. The maximum Gasteiger partial charge on any atom is 0.228 e. The second kappa shape index (κ2) is 7.16. The van der Waals surface area contributed by atoms with Crippen molar-refractivity contribution in [2.45, 2.75) is 51.2 Å². The van der Waals surface area contributed by atoms with E-state index in [4.69, 9.17) is 0 Å². The molecule has 2 heterocycles. The molecule has 2 saturated heterocycles. The SMILES string of the molecule is CC(C)(O)C1CCCN1C(=O)C1CC(=O)N(CCc2ccccc2)C1. The summed E-state index contributed by atoms with van der Waals surface area (Å²) in [6.07, 6.45) is 2.85. The van der Waals surface area contributed by atoms with Crippen molar-refractivity contribution in [1.82, 2.24) is 9.80 Å². The quantitative estimate of drug-likeness (QED) is 0.887. The molecule has 0 aliphatic carbocycles. The highest BCUT2D eigenvalue weighted by Gasteiger charge is 2.43. The molecule has 5 heteroatoms. The molecular formula is C20H28N2O3. The first-order valence-corrected chi connectivity index (χ1v) is 9.21. The molecule has 0 saturated carbocycles. The third-order valence-corrected chi connectivity index (χ3v) is 5.43. The van der Waals surface area contributed by atoms with Crippen LogP contribution >= 0.6 is 0 Å². The molecule has 2 fully saturated rings. The van der Waals surface area contributed by atoms with E-state index in [0.29, 0.717) is 26.1 Å². The van der Waals surface area contributed by atoms with E-state index in [1.165, 1.54) is 5.56 Å². The third-order valence-electron chi connectivity index (χ3n) is 5.43. The Morgan fingerprint density at radius 1 is 1.28 bits per heavy atom. The van der Waals surface area contributed by atoms with Gasteiger partial charge in [0, 0.05) is 26.1 Å². The Bertz CT molecular complexity index is 624. The number of aliphatic hydroxyl groups is 1. The Labute approximate surface area is 149 Å². The summed E-state index contributed by atoms with van der Waals surface area (Å²) in [5.41, 5.74) is 0.300. The van der Waals surface area contributed by atoms with Crippen LogP contribution in [0.15, 0.2) is 30.3 Å². The van der Waals surface area contributed by atoms with E-state index in [-0.39, 0.29) is 23.8 Å². The fourth-order valence-corrected chi connectivity index (χ4v) is 4.06. The molecule has 2 atom stereocenters. The third kappa shape index (κ3) is 4.03. The number of nitrogens with zero attached hydrogens (tertiary/aromatic N) is 2. The van der Waals surface area contributed by atoms with Crippen LogP contribution in [0.25, 0.3) is 0 Å². The highest BCUT2D eigenvalue weighted by Crippen LogP contribution is 2.30. The summed E-state index contributed by atoms with van der Waals surface area (Å²) in [5.74, 6) is -0.181. The summed E-state index contributed by atoms with van der Waals surface area (Å²) in [5, 5.41) is 10.3. The molecule has 2 amide bonds. The molecular weight excluding hydrogens is 316 g/mol. The molecule has 3 rings (SSSR count). The Morgan fingerprint density at radius 2 is 2.00 bits per heavy atom. The largest absolute Gasteiger partial charge is 0.388 e. The maximum atomic E-state index is 12.9. The van der Waals surface area contributed by atoms with Crippen LogP contribution in [0.2, 0.25) is 0 Å². The molecule has 0 radical (unpaired) electrons. The lowest BCUT2D eigenvalue weighted by molar-refractivity contribution is -0.141. The molecule has 1 N–H and O–H groups in total. The Kier molecular flexibility index (Phi) is 5.13. The van der Waals surface area contributed by atoms with Gasteiger partial charge in [0.2, 0.25) is 11.8 Å². The van der Waals surface area contributed by atoms with Crippen molar-refractivity contribution in [3.05, 3.63) is 35.9 Å². The van der Waals surface area contributed by atoms with Crippen molar-refractivity contribution in [2.24, 2.45) is 5.92 Å². The highest BCUT2D eigenvalue weighted by molar-refractivity contribution is 5.89. The Morgan fingerprint density at radius 3 is 2.68 bits per heavy atom. The van der Waals surface area contributed by atoms with Gasteiger partial charge in [0.15, 0.2) is 0 Å². The van der Waals surface area contributed by atoms with Crippen LogP contribution in [0.4, 0.5) is 0 Å². The van der Waals surface area contributed by atoms with Crippen molar-refractivity contribution in [1.29, 1.82) is 0 Å². The minimum atomic E-state index is -0.901. The summed E-state index contributed by atoms with van der Waals surface area (Å²) >= 11 is 0. The van der Waals surface area contributed by atoms with Gasteiger partial charge in [-0.15, -0.1) is 0 Å². The van der Waals surface area contributed by atoms with Gasteiger partial charge in [0.25, 0.3) is 0 Å². The zero-order valence-corrected chi connectivity index (χ0v) is 15.1. The zero-order valence-electron chi connectivity index (χ0n) is 15.1. The van der Waals surface area contributed by atoms with Crippen LogP contribution < -0.4 is 0 Å². The summed E-state index contributed by atoms with van der Waals surface area (Å²) in [7, 11) is 0. The van der Waals surface area contributed by atoms with E-state index < -0.39 is 5.60 Å². The van der Waals surface area contributed by atoms with Gasteiger partial charge in [-0.3, -0.25) is 9.59 Å². The number of amides is 2. The first-order valence-electron chi connectivity index (χ1n) is 9.21. The maximum absolute atomic E-state index is 12.9. The van der Waals surface area contributed by atoms with E-state index in [9.17, 15) is 14.7 Å². The second-order valence-corrected chi connectivity index (χ2v) is 7.82. The van der Waals surface area contributed by atoms with E-state index in [0.717, 1.165) is 19.3 Å². The molecule has 0 aromatic heterocycles. The summed E-state index contributed by atoms with van der Waals surface area (Å²) in [6.45, 7) is 5.35. The molecule has 0 bridgehead atoms. The highest BCUT2D eigenvalue weighted by atomic mass is 16.3. The first-order chi connectivity index (χ1) is 11.9. The molecule has 0 spiro atoms. The van der Waals surface area contributed by atoms with Crippen LogP contribution in [0, 0.1) is 5.92 Å². The minimum absolute atomic E-state index is 0.0280. The monoisotopic (exact) mass is 344 g/mol. The fraction of sp³-hybridized carbons (Fsp3) is 0.600. The van der Waals surface area contributed by atoms with Crippen LogP contribution in [-0.4, -0.2) is 58.0 Å². The van der Waals surface area contributed by atoms with Crippen molar-refractivity contribution >= 4 is 11.8 Å². The summed E-state index contributed by atoms with van der Waals surface area (Å²) in [6, 6.07) is 9.94. The molecule has 136 valence electrons. The summed E-state index contributed by atoms with van der Waals surface area (Å²) < 4.78 is 0. The number of hydrogen-bond donors (Lipinski definition) is 1. The lowest BCUT2D eigenvalue weighted by Gasteiger charge is -2.35.